The Bertz CT molecular complexity index is 990. The zero-order valence-corrected chi connectivity index (χ0v) is 19.3. The van der Waals surface area contributed by atoms with E-state index in [4.69, 9.17) is 10.7 Å². The monoisotopic (exact) mass is 431 g/mol. The lowest BCUT2D eigenvalue weighted by Crippen LogP contribution is -2.71. The molecule has 4 aliphatic rings. The Morgan fingerprint density at radius 1 is 1.22 bits per heavy atom. The fourth-order valence-electron chi connectivity index (χ4n) is 6.88. The summed E-state index contributed by atoms with van der Waals surface area (Å²) in [6.45, 7) is 2.08. The Kier molecular flexibility index (Phi) is 5.24. The molecule has 32 heavy (non-hydrogen) atoms. The van der Waals surface area contributed by atoms with Crippen LogP contribution in [0.25, 0.3) is 0 Å². The minimum Gasteiger partial charge on any atom is -0.379 e. The smallest absolute Gasteiger partial charge is 0.0607 e. The predicted octanol–water partition coefficient (Wildman–Crippen LogP) is 3.79. The van der Waals surface area contributed by atoms with E-state index < -0.39 is 0 Å². The van der Waals surface area contributed by atoms with Gasteiger partial charge in [0.2, 0.25) is 0 Å². The first-order chi connectivity index (χ1) is 15.6. The molecule has 2 fully saturated rings. The van der Waals surface area contributed by atoms with Gasteiger partial charge in [-0.15, -0.1) is 0 Å². The molecule has 1 aliphatic heterocycles. The molecule has 2 heterocycles. The highest BCUT2D eigenvalue weighted by atomic mass is 15.1. The van der Waals surface area contributed by atoms with E-state index in [-0.39, 0.29) is 5.54 Å². The first-order valence-corrected chi connectivity index (χ1v) is 12.6. The predicted molar refractivity (Wildman–Crippen MR) is 130 cm³/mol. The van der Waals surface area contributed by atoms with Crippen LogP contribution in [0.5, 0.6) is 0 Å². The summed E-state index contributed by atoms with van der Waals surface area (Å²) in [5.74, 6) is 0.677. The number of nitrogens with zero attached hydrogens (tertiary/aromatic N) is 2. The molecule has 5 atom stereocenters. The minimum atomic E-state index is 0.288. The molecule has 2 aromatic rings. The number of hydrogen-bond acceptors (Lipinski definition) is 5. The number of rotatable bonds is 6. The minimum absolute atomic E-state index is 0.288. The maximum absolute atomic E-state index is 6.26. The van der Waals surface area contributed by atoms with Gasteiger partial charge in [-0.3, -0.25) is 9.88 Å². The second kappa shape index (κ2) is 8.12. The van der Waals surface area contributed by atoms with Gasteiger partial charge in [-0.1, -0.05) is 18.2 Å². The molecular formula is C27H37N5. The van der Waals surface area contributed by atoms with Gasteiger partial charge in [-0.2, -0.15) is 0 Å². The summed E-state index contributed by atoms with van der Waals surface area (Å²) >= 11 is 0. The molecule has 2 saturated carbocycles. The molecule has 5 heteroatoms. The van der Waals surface area contributed by atoms with Gasteiger partial charge in [0.15, 0.2) is 0 Å². The number of benzene rings is 1. The van der Waals surface area contributed by atoms with Crippen molar-refractivity contribution in [2.45, 2.75) is 81.6 Å². The van der Waals surface area contributed by atoms with Gasteiger partial charge in [0, 0.05) is 36.1 Å². The Labute approximate surface area is 192 Å². The molecule has 0 amide bonds. The van der Waals surface area contributed by atoms with Crippen molar-refractivity contribution in [1.82, 2.24) is 15.2 Å². The molecule has 3 unspecified atom stereocenters. The first-order valence-electron chi connectivity index (χ1n) is 12.6. The van der Waals surface area contributed by atoms with Crippen LogP contribution in [0.4, 0.5) is 5.69 Å². The fourth-order valence-corrected chi connectivity index (χ4v) is 6.88. The molecule has 0 bridgehead atoms. The molecule has 1 aromatic heterocycles. The highest BCUT2D eigenvalue weighted by Crippen LogP contribution is 2.55. The van der Waals surface area contributed by atoms with Crippen LogP contribution in [0.15, 0.2) is 36.5 Å². The van der Waals surface area contributed by atoms with Gasteiger partial charge in [-0.25, -0.2) is 0 Å². The van der Waals surface area contributed by atoms with Crippen molar-refractivity contribution < 1.29 is 0 Å². The van der Waals surface area contributed by atoms with Crippen LogP contribution >= 0.6 is 0 Å². The lowest BCUT2D eigenvalue weighted by atomic mass is 9.50. The average Bonchev–Trinajstić information content (AvgIpc) is 2.81. The van der Waals surface area contributed by atoms with Crippen molar-refractivity contribution in [3.8, 4) is 0 Å². The van der Waals surface area contributed by atoms with Crippen LogP contribution in [0, 0.1) is 5.92 Å². The van der Waals surface area contributed by atoms with Crippen LogP contribution in [-0.2, 0) is 19.4 Å². The molecule has 0 saturated heterocycles. The highest BCUT2D eigenvalue weighted by Gasteiger charge is 2.58. The maximum atomic E-state index is 6.26. The molecule has 0 radical (unpaired) electrons. The van der Waals surface area contributed by atoms with Crippen molar-refractivity contribution in [2.75, 3.05) is 18.9 Å². The lowest BCUT2D eigenvalue weighted by molar-refractivity contribution is 0.00877. The summed E-state index contributed by atoms with van der Waals surface area (Å²) in [6, 6.07) is 12.5. The second-order valence-electron chi connectivity index (χ2n) is 10.7. The largest absolute Gasteiger partial charge is 0.379 e. The van der Waals surface area contributed by atoms with E-state index in [9.17, 15) is 0 Å². The van der Waals surface area contributed by atoms with Crippen molar-refractivity contribution in [3.05, 3.63) is 58.9 Å². The number of nitrogens with two attached hydrogens (primary N) is 1. The van der Waals surface area contributed by atoms with Gasteiger partial charge < -0.3 is 16.4 Å². The summed E-state index contributed by atoms with van der Waals surface area (Å²) in [7, 11) is 2.29. The molecular weight excluding hydrogens is 394 g/mol. The van der Waals surface area contributed by atoms with Gasteiger partial charge in [-0.05, 0) is 99.7 Å². The number of aryl methyl sites for hydroxylation is 1. The lowest BCUT2D eigenvalue weighted by Gasteiger charge is -2.63. The summed E-state index contributed by atoms with van der Waals surface area (Å²) in [5, 5.41) is 7.78. The van der Waals surface area contributed by atoms with Crippen LogP contribution in [0.1, 0.15) is 67.0 Å². The van der Waals surface area contributed by atoms with Crippen LogP contribution in [0.2, 0.25) is 0 Å². The Morgan fingerprint density at radius 2 is 2.12 bits per heavy atom. The van der Waals surface area contributed by atoms with Crippen molar-refractivity contribution in [1.29, 1.82) is 0 Å². The zero-order valence-electron chi connectivity index (χ0n) is 19.3. The van der Waals surface area contributed by atoms with Crippen LogP contribution in [-0.4, -0.2) is 41.1 Å². The second-order valence-corrected chi connectivity index (χ2v) is 10.7. The number of hydrogen-bond donors (Lipinski definition) is 3. The van der Waals surface area contributed by atoms with Crippen LogP contribution in [0.3, 0.4) is 0 Å². The van der Waals surface area contributed by atoms with E-state index in [1.165, 1.54) is 66.6 Å². The summed E-state index contributed by atoms with van der Waals surface area (Å²) in [6.07, 6.45) is 11.6. The zero-order chi connectivity index (χ0) is 21.7. The fraction of sp³-hybridized carbons (Fsp3) is 0.593. The molecule has 4 N–H and O–H groups in total. The van der Waals surface area contributed by atoms with Crippen molar-refractivity contribution in [3.63, 3.8) is 0 Å². The number of pyridine rings is 1. The Hall–Kier alpha value is -1.95. The van der Waals surface area contributed by atoms with E-state index in [0.29, 0.717) is 24.0 Å². The van der Waals surface area contributed by atoms with Crippen molar-refractivity contribution >= 4 is 5.69 Å². The van der Waals surface area contributed by atoms with Crippen molar-refractivity contribution in [2.24, 2.45) is 11.7 Å². The summed E-state index contributed by atoms with van der Waals surface area (Å²) < 4.78 is 0. The number of anilines is 1. The average molecular weight is 432 g/mol. The normalized spacial score (nSPS) is 32.8. The summed E-state index contributed by atoms with van der Waals surface area (Å²) in [5.41, 5.74) is 13.7. The van der Waals surface area contributed by atoms with E-state index in [1.807, 2.05) is 6.20 Å². The maximum Gasteiger partial charge on any atom is 0.0607 e. The SMILES string of the molecule is CN(CC[C@H]1Cc2c(cccc2NC23CCC2C(N)C3)CN1)[C@H]1CCCc2cccnc21. The molecule has 3 aliphatic carbocycles. The first kappa shape index (κ1) is 20.6. The Morgan fingerprint density at radius 3 is 2.94 bits per heavy atom. The quantitative estimate of drug-likeness (QED) is 0.649. The van der Waals surface area contributed by atoms with E-state index >= 15 is 0 Å². The standard InChI is InChI=1S/C27H37N5/c1-32(25-9-3-5-18-7-4-13-29-26(18)25)14-11-20-15-21-19(17-30-20)6-2-8-24(21)31-27-12-10-22(27)23(28)16-27/h2,4,6-8,13,20,22-23,25,30-31H,3,5,9-12,14-17,28H2,1H3/t20-,22?,23?,25-,27?/m0/s1. The van der Waals surface area contributed by atoms with E-state index in [2.05, 4.69) is 52.9 Å². The number of aromatic nitrogens is 1. The van der Waals surface area contributed by atoms with Gasteiger partial charge in [0.05, 0.1) is 11.7 Å². The van der Waals surface area contributed by atoms with E-state index in [1.54, 1.807) is 0 Å². The Balaban J connectivity index is 1.11. The third kappa shape index (κ3) is 3.46. The molecule has 0 spiro atoms. The third-order valence-electron chi connectivity index (χ3n) is 8.94. The van der Waals surface area contributed by atoms with Gasteiger partial charge in [0.1, 0.15) is 0 Å². The van der Waals surface area contributed by atoms with Crippen LogP contribution < -0.4 is 16.4 Å². The third-order valence-corrected chi connectivity index (χ3v) is 8.94. The number of nitrogens with one attached hydrogen (secondary N) is 2. The van der Waals surface area contributed by atoms with E-state index in [0.717, 1.165) is 25.9 Å². The summed E-state index contributed by atoms with van der Waals surface area (Å²) in [4.78, 5) is 7.29. The molecule has 5 nitrogen and oxygen atoms in total. The number of fused-ring (bicyclic) bond motifs is 3. The molecule has 6 rings (SSSR count). The molecule has 170 valence electrons. The van der Waals surface area contributed by atoms with Gasteiger partial charge in [0.25, 0.3) is 0 Å². The van der Waals surface area contributed by atoms with Gasteiger partial charge >= 0.3 is 0 Å². The highest BCUT2D eigenvalue weighted by molar-refractivity contribution is 5.59. The molecule has 1 aromatic carbocycles. The topological polar surface area (TPSA) is 66.2 Å².